The number of halogens is 2. The van der Waals surface area contributed by atoms with Gasteiger partial charge in [0.25, 0.3) is 0 Å². The maximum atomic E-state index is 13.9. The van der Waals surface area contributed by atoms with Crippen molar-refractivity contribution in [1.29, 1.82) is 0 Å². The fraction of sp³-hybridized carbons (Fsp3) is 0.421. The standard InChI is InChI=1S/C19H22ClFN4O/c1-19(2,21)15-5-3-14(4-6-15)13-18(26)25-11-9-24(10-12-25)17-8-7-16(20)22-23-17/h3-8H,9-13H2,1-2H3. The van der Waals surface area contributed by atoms with Gasteiger partial charge in [-0.3, -0.25) is 4.79 Å². The molecular weight excluding hydrogens is 355 g/mol. The molecule has 2 heterocycles. The number of alkyl halides is 1. The van der Waals surface area contributed by atoms with Crippen molar-refractivity contribution in [1.82, 2.24) is 15.1 Å². The van der Waals surface area contributed by atoms with Gasteiger partial charge in [0, 0.05) is 26.2 Å². The lowest BCUT2D eigenvalue weighted by molar-refractivity contribution is -0.130. The van der Waals surface area contributed by atoms with Crippen molar-refractivity contribution in [2.75, 3.05) is 31.1 Å². The van der Waals surface area contributed by atoms with Crippen molar-refractivity contribution in [2.45, 2.75) is 25.9 Å². The van der Waals surface area contributed by atoms with Crippen molar-refractivity contribution in [2.24, 2.45) is 0 Å². The predicted octanol–water partition coefficient (Wildman–Crippen LogP) is 3.23. The summed E-state index contributed by atoms with van der Waals surface area (Å²) in [5, 5.41) is 8.30. The Labute approximate surface area is 157 Å². The minimum atomic E-state index is -1.37. The molecule has 2 aromatic rings. The molecule has 1 aromatic carbocycles. The molecule has 7 heteroatoms. The van der Waals surface area contributed by atoms with Gasteiger partial charge in [-0.1, -0.05) is 35.9 Å². The van der Waals surface area contributed by atoms with E-state index in [2.05, 4.69) is 15.1 Å². The highest BCUT2D eigenvalue weighted by Gasteiger charge is 2.23. The quantitative estimate of drug-likeness (QED) is 0.822. The Balaban J connectivity index is 1.54. The van der Waals surface area contributed by atoms with Gasteiger partial charge in [-0.15, -0.1) is 10.2 Å². The SMILES string of the molecule is CC(C)(F)c1ccc(CC(=O)N2CCN(c3ccc(Cl)nn3)CC2)cc1. The number of carbonyl (C=O) groups is 1. The molecule has 1 fully saturated rings. The molecule has 1 aliphatic rings. The monoisotopic (exact) mass is 376 g/mol. The molecule has 0 N–H and O–H groups in total. The molecule has 3 rings (SSSR count). The molecule has 1 aliphatic heterocycles. The van der Waals surface area contributed by atoms with Crippen LogP contribution in [-0.4, -0.2) is 47.2 Å². The zero-order valence-electron chi connectivity index (χ0n) is 15.0. The zero-order chi connectivity index (χ0) is 18.7. The molecule has 0 spiro atoms. The van der Waals surface area contributed by atoms with Gasteiger partial charge in [-0.25, -0.2) is 4.39 Å². The summed E-state index contributed by atoms with van der Waals surface area (Å²) in [5.74, 6) is 0.852. The number of rotatable bonds is 4. The molecule has 0 bridgehead atoms. The Morgan fingerprint density at radius 2 is 1.73 bits per heavy atom. The lowest BCUT2D eigenvalue weighted by Crippen LogP contribution is -2.49. The molecule has 26 heavy (non-hydrogen) atoms. The minimum absolute atomic E-state index is 0.0825. The van der Waals surface area contributed by atoms with Crippen LogP contribution in [-0.2, 0) is 16.9 Å². The third-order valence-corrected chi connectivity index (χ3v) is 4.77. The third-order valence-electron chi connectivity index (χ3n) is 4.57. The van der Waals surface area contributed by atoms with Gasteiger partial charge in [-0.2, -0.15) is 0 Å². The molecule has 0 atom stereocenters. The lowest BCUT2D eigenvalue weighted by atomic mass is 9.98. The number of aromatic nitrogens is 2. The van der Waals surface area contributed by atoms with Crippen LogP contribution in [0.4, 0.5) is 10.2 Å². The first-order valence-electron chi connectivity index (χ1n) is 8.63. The second-order valence-electron chi connectivity index (χ2n) is 6.93. The highest BCUT2D eigenvalue weighted by molar-refractivity contribution is 6.29. The van der Waals surface area contributed by atoms with Gasteiger partial charge in [-0.05, 0) is 37.1 Å². The highest BCUT2D eigenvalue weighted by Crippen LogP contribution is 2.24. The maximum absolute atomic E-state index is 13.9. The molecule has 1 saturated heterocycles. The molecule has 0 radical (unpaired) electrons. The van der Waals surface area contributed by atoms with E-state index < -0.39 is 5.67 Å². The number of piperazine rings is 1. The van der Waals surface area contributed by atoms with E-state index in [9.17, 15) is 9.18 Å². The van der Waals surface area contributed by atoms with Crippen LogP contribution in [0.2, 0.25) is 5.15 Å². The van der Waals surface area contributed by atoms with Gasteiger partial charge in [0.1, 0.15) is 5.67 Å². The normalized spacial score (nSPS) is 15.2. The Kier molecular flexibility index (Phi) is 5.41. The largest absolute Gasteiger partial charge is 0.352 e. The van der Waals surface area contributed by atoms with E-state index in [-0.39, 0.29) is 5.91 Å². The van der Waals surface area contributed by atoms with Gasteiger partial charge < -0.3 is 9.80 Å². The van der Waals surface area contributed by atoms with Crippen LogP contribution in [0, 0.1) is 0 Å². The summed E-state index contributed by atoms with van der Waals surface area (Å²) in [5.41, 5.74) is 0.143. The van der Waals surface area contributed by atoms with Crippen LogP contribution in [0.25, 0.3) is 0 Å². The van der Waals surface area contributed by atoms with Crippen molar-refractivity contribution in [3.05, 3.63) is 52.7 Å². The Morgan fingerprint density at radius 3 is 2.27 bits per heavy atom. The second kappa shape index (κ2) is 7.58. The van der Waals surface area contributed by atoms with Crippen molar-refractivity contribution in [3.8, 4) is 0 Å². The van der Waals surface area contributed by atoms with Crippen molar-refractivity contribution >= 4 is 23.3 Å². The van der Waals surface area contributed by atoms with Crippen molar-refractivity contribution in [3.63, 3.8) is 0 Å². The van der Waals surface area contributed by atoms with E-state index in [1.165, 1.54) is 13.8 Å². The van der Waals surface area contributed by atoms with E-state index >= 15 is 0 Å². The second-order valence-corrected chi connectivity index (χ2v) is 7.32. The lowest BCUT2D eigenvalue weighted by Gasteiger charge is -2.35. The smallest absolute Gasteiger partial charge is 0.227 e. The molecular formula is C19H22ClFN4O. The number of anilines is 1. The van der Waals surface area contributed by atoms with E-state index in [1.54, 1.807) is 18.2 Å². The van der Waals surface area contributed by atoms with E-state index in [1.807, 2.05) is 23.1 Å². The molecule has 0 saturated carbocycles. The van der Waals surface area contributed by atoms with Crippen LogP contribution in [0.15, 0.2) is 36.4 Å². The number of benzene rings is 1. The minimum Gasteiger partial charge on any atom is -0.352 e. The van der Waals surface area contributed by atoms with Gasteiger partial charge in [0.15, 0.2) is 11.0 Å². The molecule has 1 aromatic heterocycles. The highest BCUT2D eigenvalue weighted by atomic mass is 35.5. The molecule has 138 valence electrons. The molecule has 5 nitrogen and oxygen atoms in total. The van der Waals surface area contributed by atoms with Gasteiger partial charge in [0.2, 0.25) is 5.91 Å². The van der Waals surface area contributed by atoms with E-state index in [0.717, 1.165) is 11.4 Å². The average Bonchev–Trinajstić information content (AvgIpc) is 2.62. The Bertz CT molecular complexity index is 751. The Hall–Kier alpha value is -2.21. The topological polar surface area (TPSA) is 49.3 Å². The fourth-order valence-electron chi connectivity index (χ4n) is 2.97. The van der Waals surface area contributed by atoms with Crippen LogP contribution in [0.3, 0.4) is 0 Å². The summed E-state index contributed by atoms with van der Waals surface area (Å²) in [6, 6.07) is 10.7. The zero-order valence-corrected chi connectivity index (χ0v) is 15.7. The number of amides is 1. The third kappa shape index (κ3) is 4.49. The van der Waals surface area contributed by atoms with Crippen LogP contribution < -0.4 is 4.90 Å². The number of hydrogen-bond acceptors (Lipinski definition) is 4. The number of hydrogen-bond donors (Lipinski definition) is 0. The molecule has 0 unspecified atom stereocenters. The summed E-state index contributed by atoms with van der Waals surface area (Å²) in [6.45, 7) is 5.74. The van der Waals surface area contributed by atoms with Gasteiger partial charge >= 0.3 is 0 Å². The average molecular weight is 377 g/mol. The van der Waals surface area contributed by atoms with Crippen LogP contribution in [0.5, 0.6) is 0 Å². The number of carbonyl (C=O) groups excluding carboxylic acids is 1. The predicted molar refractivity (Wildman–Crippen MR) is 100 cm³/mol. The summed E-state index contributed by atoms with van der Waals surface area (Å²) in [6.07, 6.45) is 0.327. The fourth-order valence-corrected chi connectivity index (χ4v) is 3.07. The van der Waals surface area contributed by atoms with Crippen molar-refractivity contribution < 1.29 is 9.18 Å². The first-order chi connectivity index (χ1) is 12.3. The van der Waals surface area contributed by atoms with Crippen LogP contribution >= 0.6 is 11.6 Å². The van der Waals surface area contributed by atoms with E-state index in [4.69, 9.17) is 11.6 Å². The summed E-state index contributed by atoms with van der Waals surface area (Å²) in [4.78, 5) is 16.5. The first-order valence-corrected chi connectivity index (χ1v) is 9.01. The Morgan fingerprint density at radius 1 is 1.08 bits per heavy atom. The summed E-state index contributed by atoms with van der Waals surface area (Å²) >= 11 is 5.76. The molecule has 1 amide bonds. The molecule has 0 aliphatic carbocycles. The van der Waals surface area contributed by atoms with Crippen LogP contribution in [0.1, 0.15) is 25.0 Å². The first kappa shape index (κ1) is 18.6. The summed E-state index contributed by atoms with van der Waals surface area (Å²) < 4.78 is 13.9. The number of nitrogens with zero attached hydrogens (tertiary/aromatic N) is 4. The van der Waals surface area contributed by atoms with Gasteiger partial charge in [0.05, 0.1) is 6.42 Å². The summed E-state index contributed by atoms with van der Waals surface area (Å²) in [7, 11) is 0. The van der Waals surface area contributed by atoms with E-state index in [0.29, 0.717) is 43.3 Å². The maximum Gasteiger partial charge on any atom is 0.227 e.